The highest BCUT2D eigenvalue weighted by molar-refractivity contribution is 5.81. The zero-order chi connectivity index (χ0) is 13.3. The highest BCUT2D eigenvalue weighted by atomic mass is 16.6. The molecule has 0 spiro atoms. The molecule has 0 aliphatic rings. The summed E-state index contributed by atoms with van der Waals surface area (Å²) < 4.78 is 0. The van der Waals surface area contributed by atoms with Gasteiger partial charge in [0, 0.05) is 23.0 Å². The minimum absolute atomic E-state index is 0.123. The lowest BCUT2D eigenvalue weighted by molar-refractivity contribution is -0.383. The Morgan fingerprint density at radius 1 is 0.944 bits per heavy atom. The molecule has 0 saturated carbocycles. The molecule has 2 aromatic carbocycles. The maximum absolute atomic E-state index is 10.8. The summed E-state index contributed by atoms with van der Waals surface area (Å²) in [6, 6.07) is 9.59. The number of nitrogens with two attached hydrogens (primary N) is 3. The Morgan fingerprint density at radius 3 is 2.28 bits per heavy atom. The lowest BCUT2D eigenvalue weighted by Crippen LogP contribution is -1.97. The van der Waals surface area contributed by atoms with Crippen LogP contribution in [0.5, 0.6) is 0 Å². The topological polar surface area (TPSA) is 121 Å². The number of hydrogen-bond donors (Lipinski definition) is 3. The third-order valence-electron chi connectivity index (χ3n) is 2.61. The Morgan fingerprint density at radius 2 is 1.67 bits per heavy atom. The standard InChI is InChI=1S/C12H12N4O2/c13-8-2-3-9(11(15)6-8)7-1-4-10(14)12(5-7)16(17)18/h1-6H,13-15H2. The van der Waals surface area contributed by atoms with Crippen LogP contribution >= 0.6 is 0 Å². The first-order valence-electron chi connectivity index (χ1n) is 5.18. The molecule has 0 heterocycles. The molecule has 0 aliphatic carbocycles. The molecule has 0 saturated heterocycles. The number of rotatable bonds is 2. The van der Waals surface area contributed by atoms with E-state index in [0.717, 1.165) is 0 Å². The zero-order valence-electron chi connectivity index (χ0n) is 9.46. The lowest BCUT2D eigenvalue weighted by Gasteiger charge is -2.07. The number of nitrogen functional groups attached to an aromatic ring is 3. The van der Waals surface area contributed by atoms with Crippen LogP contribution in [0, 0.1) is 10.1 Å². The van der Waals surface area contributed by atoms with Crippen LogP contribution in [0.3, 0.4) is 0 Å². The summed E-state index contributed by atoms with van der Waals surface area (Å²) in [5.74, 6) is 0. The van der Waals surface area contributed by atoms with Gasteiger partial charge in [0.15, 0.2) is 0 Å². The minimum Gasteiger partial charge on any atom is -0.399 e. The third kappa shape index (κ3) is 2.03. The average molecular weight is 244 g/mol. The van der Waals surface area contributed by atoms with Gasteiger partial charge in [0.25, 0.3) is 5.69 Å². The van der Waals surface area contributed by atoms with E-state index in [2.05, 4.69) is 0 Å². The van der Waals surface area contributed by atoms with E-state index < -0.39 is 4.92 Å². The van der Waals surface area contributed by atoms with Gasteiger partial charge in [-0.05, 0) is 23.8 Å². The van der Waals surface area contributed by atoms with Crippen LogP contribution in [0.1, 0.15) is 0 Å². The van der Waals surface area contributed by atoms with Crippen molar-refractivity contribution in [2.75, 3.05) is 17.2 Å². The van der Waals surface area contributed by atoms with Crippen LogP contribution in [-0.2, 0) is 0 Å². The molecule has 92 valence electrons. The third-order valence-corrected chi connectivity index (χ3v) is 2.61. The Balaban J connectivity index is 2.58. The molecule has 0 fully saturated rings. The first-order valence-corrected chi connectivity index (χ1v) is 5.18. The molecular weight excluding hydrogens is 232 g/mol. The number of anilines is 3. The Kier molecular flexibility index (Phi) is 2.77. The van der Waals surface area contributed by atoms with E-state index in [4.69, 9.17) is 17.2 Å². The highest BCUT2D eigenvalue weighted by Gasteiger charge is 2.13. The summed E-state index contributed by atoms with van der Waals surface area (Å²) in [4.78, 5) is 10.3. The molecule has 0 aromatic heterocycles. The first kappa shape index (κ1) is 11.7. The lowest BCUT2D eigenvalue weighted by atomic mass is 10.0. The van der Waals surface area contributed by atoms with Gasteiger partial charge in [0.2, 0.25) is 0 Å². The molecule has 0 aliphatic heterocycles. The maximum atomic E-state index is 10.8. The SMILES string of the molecule is Nc1ccc(-c2ccc(N)c([N+](=O)[O-])c2)c(N)c1. The Hall–Kier alpha value is -2.76. The second kappa shape index (κ2) is 4.25. The van der Waals surface area contributed by atoms with E-state index in [0.29, 0.717) is 22.5 Å². The number of benzene rings is 2. The normalized spacial score (nSPS) is 10.2. The fraction of sp³-hybridized carbons (Fsp3) is 0. The predicted octanol–water partition coefficient (Wildman–Crippen LogP) is 2.01. The number of hydrogen-bond acceptors (Lipinski definition) is 5. The molecule has 0 amide bonds. The van der Waals surface area contributed by atoms with Crippen molar-refractivity contribution in [1.29, 1.82) is 0 Å². The van der Waals surface area contributed by atoms with Gasteiger partial charge in [-0.25, -0.2) is 0 Å². The van der Waals surface area contributed by atoms with Crippen LogP contribution in [0.15, 0.2) is 36.4 Å². The van der Waals surface area contributed by atoms with Gasteiger partial charge in [-0.3, -0.25) is 10.1 Å². The second-order valence-electron chi connectivity index (χ2n) is 3.88. The summed E-state index contributed by atoms with van der Waals surface area (Å²) in [6.45, 7) is 0. The van der Waals surface area contributed by atoms with Crippen molar-refractivity contribution in [2.45, 2.75) is 0 Å². The number of nitro groups is 1. The molecular formula is C12H12N4O2. The number of nitrogens with zero attached hydrogens (tertiary/aromatic N) is 1. The van der Waals surface area contributed by atoms with Crippen LogP contribution < -0.4 is 17.2 Å². The second-order valence-corrected chi connectivity index (χ2v) is 3.88. The molecule has 0 radical (unpaired) electrons. The molecule has 0 unspecified atom stereocenters. The van der Waals surface area contributed by atoms with Crippen LogP contribution in [-0.4, -0.2) is 4.92 Å². The van der Waals surface area contributed by atoms with Gasteiger partial charge in [-0.15, -0.1) is 0 Å². The highest BCUT2D eigenvalue weighted by Crippen LogP contribution is 2.32. The van der Waals surface area contributed by atoms with Crippen molar-refractivity contribution < 1.29 is 4.92 Å². The Bertz CT molecular complexity index is 625. The summed E-state index contributed by atoms with van der Waals surface area (Å²) in [6.07, 6.45) is 0. The average Bonchev–Trinajstić information content (AvgIpc) is 2.30. The van der Waals surface area contributed by atoms with Gasteiger partial charge in [-0.1, -0.05) is 12.1 Å². The smallest absolute Gasteiger partial charge is 0.292 e. The predicted molar refractivity (Wildman–Crippen MR) is 71.8 cm³/mol. The van der Waals surface area contributed by atoms with E-state index in [-0.39, 0.29) is 11.4 Å². The van der Waals surface area contributed by atoms with Crippen LogP contribution in [0.25, 0.3) is 11.1 Å². The zero-order valence-corrected chi connectivity index (χ0v) is 9.46. The van der Waals surface area contributed by atoms with E-state index >= 15 is 0 Å². The van der Waals surface area contributed by atoms with E-state index in [1.165, 1.54) is 12.1 Å². The van der Waals surface area contributed by atoms with E-state index in [9.17, 15) is 10.1 Å². The quantitative estimate of drug-likeness (QED) is 0.423. The summed E-state index contributed by atoms with van der Waals surface area (Å²) in [5.41, 5.74) is 19.3. The molecule has 18 heavy (non-hydrogen) atoms. The first-order chi connectivity index (χ1) is 8.49. The van der Waals surface area contributed by atoms with Crippen molar-refractivity contribution in [1.82, 2.24) is 0 Å². The maximum Gasteiger partial charge on any atom is 0.292 e. The van der Waals surface area contributed by atoms with Crippen LogP contribution in [0.4, 0.5) is 22.7 Å². The minimum atomic E-state index is -0.522. The van der Waals surface area contributed by atoms with Crippen LogP contribution in [0.2, 0.25) is 0 Å². The Labute approximate surface area is 103 Å². The van der Waals surface area contributed by atoms with Gasteiger partial charge < -0.3 is 17.2 Å². The van der Waals surface area contributed by atoms with Crippen molar-refractivity contribution >= 4 is 22.7 Å². The summed E-state index contributed by atoms with van der Waals surface area (Å²) in [7, 11) is 0. The summed E-state index contributed by atoms with van der Waals surface area (Å²) >= 11 is 0. The fourth-order valence-electron chi connectivity index (χ4n) is 1.71. The van der Waals surface area contributed by atoms with Crippen molar-refractivity contribution in [3.8, 4) is 11.1 Å². The van der Waals surface area contributed by atoms with Gasteiger partial charge >= 0.3 is 0 Å². The summed E-state index contributed by atoms with van der Waals surface area (Å²) in [5, 5.41) is 10.8. The molecule has 6 N–H and O–H groups in total. The van der Waals surface area contributed by atoms with E-state index in [1.54, 1.807) is 24.3 Å². The van der Waals surface area contributed by atoms with E-state index in [1.807, 2.05) is 0 Å². The van der Waals surface area contributed by atoms with Crippen molar-refractivity contribution in [2.24, 2.45) is 0 Å². The fourth-order valence-corrected chi connectivity index (χ4v) is 1.71. The molecule has 0 bridgehead atoms. The molecule has 6 nitrogen and oxygen atoms in total. The van der Waals surface area contributed by atoms with Crippen molar-refractivity contribution in [3.63, 3.8) is 0 Å². The van der Waals surface area contributed by atoms with Crippen molar-refractivity contribution in [3.05, 3.63) is 46.5 Å². The molecule has 2 aromatic rings. The van der Waals surface area contributed by atoms with Gasteiger partial charge in [-0.2, -0.15) is 0 Å². The molecule has 2 rings (SSSR count). The largest absolute Gasteiger partial charge is 0.399 e. The monoisotopic (exact) mass is 244 g/mol. The van der Waals surface area contributed by atoms with Gasteiger partial charge in [0.1, 0.15) is 5.69 Å². The van der Waals surface area contributed by atoms with Gasteiger partial charge in [0.05, 0.1) is 4.92 Å². The number of nitro benzene ring substituents is 1. The molecule has 0 atom stereocenters. The molecule has 6 heteroatoms.